The highest BCUT2D eigenvalue weighted by atomic mass is 16.7. The van der Waals surface area contributed by atoms with E-state index in [-0.39, 0.29) is 24.2 Å². The van der Waals surface area contributed by atoms with Gasteiger partial charge in [0.2, 0.25) is 0 Å². The second-order valence-electron chi connectivity index (χ2n) is 6.77. The van der Waals surface area contributed by atoms with Crippen LogP contribution in [0.5, 0.6) is 0 Å². The van der Waals surface area contributed by atoms with Gasteiger partial charge in [-0.25, -0.2) is 0 Å². The molecule has 1 aromatic rings. The number of rotatable bonds is 1. The van der Waals surface area contributed by atoms with Crippen molar-refractivity contribution in [3.8, 4) is 6.07 Å². The van der Waals surface area contributed by atoms with Crippen LogP contribution in [-0.4, -0.2) is 18.3 Å². The Hall–Kier alpha value is -1.31. The Kier molecular flexibility index (Phi) is 2.97. The molecule has 1 saturated heterocycles. The monoisotopic (exact) mass is 269 g/mol. The topological polar surface area (TPSA) is 42.2 Å². The molecular formula is C16H20BNO2. The van der Waals surface area contributed by atoms with Crippen LogP contribution in [0.25, 0.3) is 0 Å². The van der Waals surface area contributed by atoms with Gasteiger partial charge in [0.05, 0.1) is 23.2 Å². The average molecular weight is 269 g/mol. The molecule has 1 aliphatic heterocycles. The summed E-state index contributed by atoms with van der Waals surface area (Å²) < 4.78 is 12.1. The first-order chi connectivity index (χ1) is 9.34. The molecule has 0 N–H and O–H groups in total. The van der Waals surface area contributed by atoms with E-state index in [0.717, 1.165) is 23.9 Å². The molecule has 3 rings (SSSR count). The summed E-state index contributed by atoms with van der Waals surface area (Å²) in [5.74, 6) is 0.0207. The molecule has 0 saturated carbocycles. The Morgan fingerprint density at radius 1 is 1.20 bits per heavy atom. The van der Waals surface area contributed by atoms with Gasteiger partial charge >= 0.3 is 7.12 Å². The minimum atomic E-state index is -0.342. The van der Waals surface area contributed by atoms with Gasteiger partial charge in [0.15, 0.2) is 0 Å². The zero-order chi connectivity index (χ0) is 14.5. The van der Waals surface area contributed by atoms with Crippen molar-refractivity contribution in [3.05, 3.63) is 29.3 Å². The fourth-order valence-corrected chi connectivity index (χ4v) is 2.88. The standard InChI is InChI=1S/C16H20BNO2/c1-15(2)16(3,4)20-17(19-15)13-8-7-11-5-6-12(10-18)14(11)9-13/h7-9,12H,5-6H2,1-4H3. The van der Waals surface area contributed by atoms with E-state index < -0.39 is 0 Å². The zero-order valence-corrected chi connectivity index (χ0v) is 12.6. The number of hydrogen-bond acceptors (Lipinski definition) is 3. The van der Waals surface area contributed by atoms with Crippen molar-refractivity contribution < 1.29 is 9.31 Å². The van der Waals surface area contributed by atoms with Gasteiger partial charge in [-0.3, -0.25) is 0 Å². The summed E-state index contributed by atoms with van der Waals surface area (Å²) in [5, 5.41) is 9.22. The van der Waals surface area contributed by atoms with Gasteiger partial charge in [-0.05, 0) is 57.1 Å². The fourth-order valence-electron chi connectivity index (χ4n) is 2.88. The molecular weight excluding hydrogens is 249 g/mol. The molecule has 0 spiro atoms. The third kappa shape index (κ3) is 1.97. The summed E-state index contributed by atoms with van der Waals surface area (Å²) in [6.07, 6.45) is 1.93. The molecule has 0 amide bonds. The first-order valence-electron chi connectivity index (χ1n) is 7.22. The Labute approximate surface area is 121 Å². The lowest BCUT2D eigenvalue weighted by Gasteiger charge is -2.32. The van der Waals surface area contributed by atoms with Crippen LogP contribution in [0.15, 0.2) is 18.2 Å². The molecule has 1 heterocycles. The molecule has 0 radical (unpaired) electrons. The van der Waals surface area contributed by atoms with Crippen LogP contribution in [0.2, 0.25) is 0 Å². The van der Waals surface area contributed by atoms with Crippen molar-refractivity contribution >= 4 is 12.6 Å². The largest absolute Gasteiger partial charge is 0.494 e. The van der Waals surface area contributed by atoms with Crippen molar-refractivity contribution in [1.82, 2.24) is 0 Å². The highest BCUT2D eigenvalue weighted by Crippen LogP contribution is 2.37. The molecule has 4 heteroatoms. The summed E-state index contributed by atoms with van der Waals surface area (Å²) in [4.78, 5) is 0. The molecule has 1 aliphatic carbocycles. The maximum atomic E-state index is 9.22. The lowest BCUT2D eigenvalue weighted by atomic mass is 9.77. The van der Waals surface area contributed by atoms with Crippen molar-refractivity contribution in [3.63, 3.8) is 0 Å². The van der Waals surface area contributed by atoms with Crippen molar-refractivity contribution in [2.75, 3.05) is 0 Å². The van der Waals surface area contributed by atoms with Crippen LogP contribution >= 0.6 is 0 Å². The van der Waals surface area contributed by atoms with E-state index in [1.54, 1.807) is 0 Å². The maximum absolute atomic E-state index is 9.22. The quantitative estimate of drug-likeness (QED) is 0.736. The first-order valence-corrected chi connectivity index (χ1v) is 7.22. The predicted molar refractivity (Wildman–Crippen MR) is 78.8 cm³/mol. The highest BCUT2D eigenvalue weighted by molar-refractivity contribution is 6.62. The van der Waals surface area contributed by atoms with Crippen molar-refractivity contribution in [2.45, 2.75) is 57.7 Å². The van der Waals surface area contributed by atoms with E-state index >= 15 is 0 Å². The Morgan fingerprint density at radius 2 is 1.85 bits per heavy atom. The fraction of sp³-hybridized carbons (Fsp3) is 0.562. The summed E-state index contributed by atoms with van der Waals surface area (Å²) in [5.41, 5.74) is 2.80. The van der Waals surface area contributed by atoms with E-state index in [1.807, 2.05) is 0 Å². The molecule has 3 nitrogen and oxygen atoms in total. The van der Waals surface area contributed by atoms with Crippen LogP contribution in [-0.2, 0) is 15.7 Å². The molecule has 1 unspecified atom stereocenters. The second-order valence-corrected chi connectivity index (χ2v) is 6.77. The van der Waals surface area contributed by atoms with Crippen LogP contribution in [0.3, 0.4) is 0 Å². The second kappa shape index (κ2) is 4.34. The van der Waals surface area contributed by atoms with Crippen molar-refractivity contribution in [2.24, 2.45) is 0 Å². The first kappa shape index (κ1) is 13.7. The molecule has 0 aromatic heterocycles. The number of nitriles is 1. The van der Waals surface area contributed by atoms with E-state index in [9.17, 15) is 5.26 Å². The number of hydrogen-bond donors (Lipinski definition) is 0. The predicted octanol–water partition coefficient (Wildman–Crippen LogP) is 2.54. The third-order valence-electron chi connectivity index (χ3n) is 4.93. The molecule has 1 atom stereocenters. The van der Waals surface area contributed by atoms with Gasteiger partial charge in [-0.2, -0.15) is 5.26 Å². The molecule has 20 heavy (non-hydrogen) atoms. The smallest absolute Gasteiger partial charge is 0.399 e. The van der Waals surface area contributed by atoms with Gasteiger partial charge in [0.1, 0.15) is 0 Å². The molecule has 0 bridgehead atoms. The van der Waals surface area contributed by atoms with Gasteiger partial charge in [0, 0.05) is 0 Å². The van der Waals surface area contributed by atoms with E-state index in [4.69, 9.17) is 9.31 Å². The SMILES string of the molecule is CC1(C)OB(c2ccc3c(c2)C(C#N)CC3)OC1(C)C. The lowest BCUT2D eigenvalue weighted by Crippen LogP contribution is -2.41. The Balaban J connectivity index is 1.93. The molecule has 104 valence electrons. The summed E-state index contributed by atoms with van der Waals surface area (Å²) in [7, 11) is -0.342. The molecule has 2 aliphatic rings. The van der Waals surface area contributed by atoms with Crippen LogP contribution in [0.4, 0.5) is 0 Å². The molecule has 1 fully saturated rings. The number of benzene rings is 1. The summed E-state index contributed by atoms with van der Waals surface area (Å²) >= 11 is 0. The van der Waals surface area contributed by atoms with E-state index in [1.165, 1.54) is 5.56 Å². The van der Waals surface area contributed by atoms with Crippen LogP contribution in [0.1, 0.15) is 51.2 Å². The van der Waals surface area contributed by atoms with Gasteiger partial charge in [-0.15, -0.1) is 0 Å². The number of nitrogens with zero attached hydrogens (tertiary/aromatic N) is 1. The van der Waals surface area contributed by atoms with E-state index in [0.29, 0.717) is 0 Å². The Morgan fingerprint density at radius 3 is 2.45 bits per heavy atom. The van der Waals surface area contributed by atoms with Crippen LogP contribution < -0.4 is 5.46 Å². The molecule has 1 aromatic carbocycles. The Bertz CT molecular complexity index is 573. The maximum Gasteiger partial charge on any atom is 0.494 e. The third-order valence-corrected chi connectivity index (χ3v) is 4.93. The lowest BCUT2D eigenvalue weighted by molar-refractivity contribution is 0.00578. The van der Waals surface area contributed by atoms with Gasteiger partial charge < -0.3 is 9.31 Å². The number of aryl methyl sites for hydroxylation is 1. The van der Waals surface area contributed by atoms with Gasteiger partial charge in [-0.1, -0.05) is 18.2 Å². The summed E-state index contributed by atoms with van der Waals surface area (Å²) in [6.45, 7) is 8.22. The van der Waals surface area contributed by atoms with E-state index in [2.05, 4.69) is 52.0 Å². The van der Waals surface area contributed by atoms with Crippen LogP contribution in [0, 0.1) is 11.3 Å². The minimum Gasteiger partial charge on any atom is -0.399 e. The average Bonchev–Trinajstić information content (AvgIpc) is 2.87. The summed E-state index contributed by atoms with van der Waals surface area (Å²) in [6, 6.07) is 8.67. The van der Waals surface area contributed by atoms with Gasteiger partial charge in [0.25, 0.3) is 0 Å². The zero-order valence-electron chi connectivity index (χ0n) is 12.6. The normalized spacial score (nSPS) is 26.4. The minimum absolute atomic E-state index is 0.0207. The van der Waals surface area contributed by atoms with Crippen molar-refractivity contribution in [1.29, 1.82) is 5.26 Å². The highest BCUT2D eigenvalue weighted by Gasteiger charge is 2.51. The number of fused-ring (bicyclic) bond motifs is 1.